The molecule has 20 heavy (non-hydrogen) atoms. The lowest BCUT2D eigenvalue weighted by Gasteiger charge is -2.28. The SMILES string of the molecule is O=S1(=O)CCN(c2ncc(CNC3CC3)cc2Cl)CC1. The van der Waals surface area contributed by atoms with Gasteiger partial charge < -0.3 is 10.2 Å². The summed E-state index contributed by atoms with van der Waals surface area (Å²) in [6, 6.07) is 2.57. The molecule has 1 aliphatic heterocycles. The van der Waals surface area contributed by atoms with E-state index in [1.54, 1.807) is 0 Å². The van der Waals surface area contributed by atoms with E-state index in [4.69, 9.17) is 11.6 Å². The number of sulfone groups is 1. The maximum Gasteiger partial charge on any atom is 0.153 e. The van der Waals surface area contributed by atoms with E-state index in [1.165, 1.54) is 12.8 Å². The molecule has 0 radical (unpaired) electrons. The number of halogens is 1. The minimum atomic E-state index is -2.88. The van der Waals surface area contributed by atoms with Crippen LogP contribution in [-0.2, 0) is 16.4 Å². The second-order valence-corrected chi connectivity index (χ2v) is 8.15. The molecule has 1 saturated heterocycles. The zero-order valence-corrected chi connectivity index (χ0v) is 12.8. The Labute approximate surface area is 124 Å². The van der Waals surface area contributed by atoms with Crippen LogP contribution in [0.25, 0.3) is 0 Å². The molecule has 1 aromatic heterocycles. The Hall–Kier alpha value is -0.850. The Bertz CT molecular complexity index is 588. The molecule has 1 saturated carbocycles. The molecule has 0 aromatic carbocycles. The van der Waals surface area contributed by atoms with Crippen LogP contribution in [-0.4, -0.2) is 44.0 Å². The monoisotopic (exact) mass is 315 g/mol. The van der Waals surface area contributed by atoms with E-state index in [2.05, 4.69) is 10.3 Å². The molecule has 3 rings (SSSR count). The highest BCUT2D eigenvalue weighted by Gasteiger charge is 2.24. The van der Waals surface area contributed by atoms with Gasteiger partial charge in [0, 0.05) is 31.9 Å². The van der Waals surface area contributed by atoms with E-state index >= 15 is 0 Å². The number of aromatic nitrogens is 1. The maximum absolute atomic E-state index is 11.4. The minimum Gasteiger partial charge on any atom is -0.353 e. The van der Waals surface area contributed by atoms with Crippen molar-refractivity contribution in [2.45, 2.75) is 25.4 Å². The molecule has 0 bridgehead atoms. The van der Waals surface area contributed by atoms with Crippen molar-refractivity contribution < 1.29 is 8.42 Å². The predicted octanol–water partition coefficient (Wildman–Crippen LogP) is 1.22. The van der Waals surface area contributed by atoms with Gasteiger partial charge in [-0.3, -0.25) is 0 Å². The Morgan fingerprint density at radius 3 is 2.65 bits per heavy atom. The van der Waals surface area contributed by atoms with Crippen LogP contribution < -0.4 is 10.2 Å². The molecule has 110 valence electrons. The van der Waals surface area contributed by atoms with Crippen molar-refractivity contribution in [1.82, 2.24) is 10.3 Å². The van der Waals surface area contributed by atoms with Crippen LogP contribution in [0.3, 0.4) is 0 Å². The second-order valence-electron chi connectivity index (χ2n) is 5.44. The summed E-state index contributed by atoms with van der Waals surface area (Å²) in [6.07, 6.45) is 4.32. The lowest BCUT2D eigenvalue weighted by molar-refractivity contribution is 0.586. The lowest BCUT2D eigenvalue weighted by atomic mass is 10.2. The van der Waals surface area contributed by atoms with E-state index in [0.29, 0.717) is 30.0 Å². The summed E-state index contributed by atoms with van der Waals surface area (Å²) < 4.78 is 22.9. The first-order valence-corrected chi connectivity index (χ1v) is 9.07. The van der Waals surface area contributed by atoms with Gasteiger partial charge in [-0.2, -0.15) is 0 Å². The van der Waals surface area contributed by atoms with Gasteiger partial charge in [0.1, 0.15) is 5.82 Å². The third-order valence-electron chi connectivity index (χ3n) is 3.69. The second kappa shape index (κ2) is 5.50. The van der Waals surface area contributed by atoms with Crippen molar-refractivity contribution in [1.29, 1.82) is 0 Å². The summed E-state index contributed by atoms with van der Waals surface area (Å²) in [5, 5.41) is 4.01. The average molecular weight is 316 g/mol. The lowest BCUT2D eigenvalue weighted by Crippen LogP contribution is -2.40. The molecule has 1 N–H and O–H groups in total. The predicted molar refractivity (Wildman–Crippen MR) is 80.0 cm³/mol. The Kier molecular flexibility index (Phi) is 3.88. The molecule has 2 aliphatic rings. The van der Waals surface area contributed by atoms with Gasteiger partial charge in [0.15, 0.2) is 9.84 Å². The third-order valence-corrected chi connectivity index (χ3v) is 5.58. The van der Waals surface area contributed by atoms with Crippen LogP contribution in [0.15, 0.2) is 12.3 Å². The van der Waals surface area contributed by atoms with Gasteiger partial charge in [0.2, 0.25) is 0 Å². The quantitative estimate of drug-likeness (QED) is 0.905. The topological polar surface area (TPSA) is 62.3 Å². The smallest absolute Gasteiger partial charge is 0.153 e. The summed E-state index contributed by atoms with van der Waals surface area (Å²) in [5.41, 5.74) is 1.07. The van der Waals surface area contributed by atoms with Crippen molar-refractivity contribution in [3.8, 4) is 0 Å². The number of nitrogens with one attached hydrogen (secondary N) is 1. The number of hydrogen-bond donors (Lipinski definition) is 1. The number of pyridine rings is 1. The molecular weight excluding hydrogens is 298 g/mol. The van der Waals surface area contributed by atoms with E-state index in [1.807, 2.05) is 17.2 Å². The molecule has 2 heterocycles. The zero-order chi connectivity index (χ0) is 14.2. The molecular formula is C13H18ClN3O2S. The fraction of sp³-hybridized carbons (Fsp3) is 0.615. The molecule has 0 unspecified atom stereocenters. The number of rotatable bonds is 4. The standard InChI is InChI=1S/C13H18ClN3O2S/c14-12-7-10(8-15-11-1-2-11)9-16-13(12)17-3-5-20(18,19)6-4-17/h7,9,11,15H,1-6,8H2. The van der Waals surface area contributed by atoms with E-state index in [9.17, 15) is 8.42 Å². The number of hydrogen-bond acceptors (Lipinski definition) is 5. The van der Waals surface area contributed by atoms with Crippen LogP contribution in [0, 0.1) is 0 Å². The summed E-state index contributed by atoms with van der Waals surface area (Å²) in [5.74, 6) is 1.04. The van der Waals surface area contributed by atoms with Gasteiger partial charge in [0.05, 0.1) is 16.5 Å². The van der Waals surface area contributed by atoms with Gasteiger partial charge in [0.25, 0.3) is 0 Å². The van der Waals surface area contributed by atoms with Crippen molar-refractivity contribution >= 4 is 27.3 Å². The van der Waals surface area contributed by atoms with Gasteiger partial charge >= 0.3 is 0 Å². The number of anilines is 1. The summed E-state index contributed by atoms with van der Waals surface area (Å²) in [4.78, 5) is 6.35. The van der Waals surface area contributed by atoms with E-state index in [-0.39, 0.29) is 11.5 Å². The zero-order valence-electron chi connectivity index (χ0n) is 11.2. The minimum absolute atomic E-state index is 0.177. The normalized spacial score (nSPS) is 21.9. The van der Waals surface area contributed by atoms with Crippen LogP contribution >= 0.6 is 11.6 Å². The first-order chi connectivity index (χ1) is 9.53. The fourth-order valence-corrected chi connectivity index (χ4v) is 3.78. The Balaban J connectivity index is 1.67. The fourth-order valence-electron chi connectivity index (χ4n) is 2.27. The van der Waals surface area contributed by atoms with Crippen LogP contribution in [0.4, 0.5) is 5.82 Å². The summed E-state index contributed by atoms with van der Waals surface area (Å²) >= 11 is 6.28. The molecule has 1 aliphatic carbocycles. The van der Waals surface area contributed by atoms with Gasteiger partial charge in [-0.1, -0.05) is 11.6 Å². The molecule has 0 atom stereocenters. The summed E-state index contributed by atoms with van der Waals surface area (Å²) in [6.45, 7) is 1.72. The van der Waals surface area contributed by atoms with Crippen molar-refractivity contribution in [2.75, 3.05) is 29.5 Å². The number of nitrogens with zero attached hydrogens (tertiary/aromatic N) is 2. The molecule has 5 nitrogen and oxygen atoms in total. The van der Waals surface area contributed by atoms with Crippen molar-refractivity contribution in [3.63, 3.8) is 0 Å². The van der Waals surface area contributed by atoms with Crippen molar-refractivity contribution in [2.24, 2.45) is 0 Å². The Morgan fingerprint density at radius 1 is 1.35 bits per heavy atom. The van der Waals surface area contributed by atoms with Gasteiger partial charge in [-0.05, 0) is 24.5 Å². The summed E-state index contributed by atoms with van der Waals surface area (Å²) in [7, 11) is -2.88. The van der Waals surface area contributed by atoms with Crippen LogP contribution in [0.1, 0.15) is 18.4 Å². The van der Waals surface area contributed by atoms with Crippen LogP contribution in [0.5, 0.6) is 0 Å². The Morgan fingerprint density at radius 2 is 2.05 bits per heavy atom. The molecule has 0 spiro atoms. The first kappa shape index (κ1) is 14.1. The molecule has 1 aromatic rings. The van der Waals surface area contributed by atoms with Crippen molar-refractivity contribution in [3.05, 3.63) is 22.8 Å². The molecule has 0 amide bonds. The first-order valence-electron chi connectivity index (χ1n) is 6.87. The third kappa shape index (κ3) is 3.42. The highest BCUT2D eigenvalue weighted by Crippen LogP contribution is 2.26. The highest BCUT2D eigenvalue weighted by molar-refractivity contribution is 7.91. The highest BCUT2D eigenvalue weighted by atomic mass is 35.5. The molecule has 2 fully saturated rings. The van der Waals surface area contributed by atoms with E-state index in [0.717, 1.165) is 12.1 Å². The largest absolute Gasteiger partial charge is 0.353 e. The van der Waals surface area contributed by atoms with Gasteiger partial charge in [-0.25, -0.2) is 13.4 Å². The maximum atomic E-state index is 11.4. The van der Waals surface area contributed by atoms with Gasteiger partial charge in [-0.15, -0.1) is 0 Å². The van der Waals surface area contributed by atoms with Crippen LogP contribution in [0.2, 0.25) is 5.02 Å². The molecule has 7 heteroatoms. The van der Waals surface area contributed by atoms with E-state index < -0.39 is 9.84 Å². The average Bonchev–Trinajstić information content (AvgIpc) is 3.21.